The van der Waals surface area contributed by atoms with E-state index < -0.39 is 46.1 Å². The van der Waals surface area contributed by atoms with Crippen LogP contribution in [0.25, 0.3) is 0 Å². The number of hydrogen-bond donors (Lipinski definition) is 2. The number of para-hydroxylation sites is 1. The summed E-state index contributed by atoms with van der Waals surface area (Å²) in [6.45, 7) is -0.352. The van der Waals surface area contributed by atoms with Crippen molar-refractivity contribution in [1.82, 2.24) is 10.2 Å². The number of carbonyl (C=O) groups is 2. The standard InChI is InChI=1S/C38H35F2N3O6S/c1-48-36-10-6-5-9-29(36)24-41-38(45)35(23-27-7-3-2-4-8-27)43(25-28-11-13-30(39)14-12-28)37(44)26-49-33-19-21-34(22-20-33)50(46,47)42-32-17-15-31(40)16-18-32/h2-22,35,42H,23-26H2,1H3,(H,41,45)/t35-/m0/s1. The van der Waals surface area contributed by atoms with E-state index in [-0.39, 0.29) is 35.8 Å². The summed E-state index contributed by atoms with van der Waals surface area (Å²) in [5.74, 6) is -1.08. The number of carbonyl (C=O) groups excluding carboxylic acids is 2. The van der Waals surface area contributed by atoms with Gasteiger partial charge in [0.15, 0.2) is 6.61 Å². The van der Waals surface area contributed by atoms with Crippen LogP contribution in [0.3, 0.4) is 0 Å². The van der Waals surface area contributed by atoms with Crippen molar-refractivity contribution in [2.45, 2.75) is 30.4 Å². The Balaban J connectivity index is 1.36. The zero-order valence-electron chi connectivity index (χ0n) is 27.1. The van der Waals surface area contributed by atoms with Crippen molar-refractivity contribution >= 4 is 27.5 Å². The summed E-state index contributed by atoms with van der Waals surface area (Å²) in [5.41, 5.74) is 2.35. The van der Waals surface area contributed by atoms with Crippen molar-refractivity contribution in [1.29, 1.82) is 0 Å². The molecule has 0 aromatic heterocycles. The van der Waals surface area contributed by atoms with Gasteiger partial charge >= 0.3 is 0 Å². The molecule has 0 aliphatic carbocycles. The summed E-state index contributed by atoms with van der Waals surface area (Å²) in [5, 5.41) is 2.94. The zero-order chi connectivity index (χ0) is 35.5. The van der Waals surface area contributed by atoms with Crippen molar-refractivity contribution < 1.29 is 36.3 Å². The fraction of sp³-hybridized carbons (Fsp3) is 0.158. The van der Waals surface area contributed by atoms with E-state index in [1.165, 1.54) is 53.4 Å². The molecule has 9 nitrogen and oxygen atoms in total. The predicted octanol–water partition coefficient (Wildman–Crippen LogP) is 6.11. The van der Waals surface area contributed by atoms with Crippen LogP contribution in [-0.2, 0) is 39.1 Å². The van der Waals surface area contributed by atoms with Gasteiger partial charge in [-0.3, -0.25) is 14.3 Å². The van der Waals surface area contributed by atoms with Crippen LogP contribution in [0.1, 0.15) is 16.7 Å². The molecule has 2 amide bonds. The first-order valence-electron chi connectivity index (χ1n) is 15.6. The van der Waals surface area contributed by atoms with E-state index >= 15 is 0 Å². The number of benzene rings is 5. The lowest BCUT2D eigenvalue weighted by Crippen LogP contribution is -2.51. The number of hydrogen-bond acceptors (Lipinski definition) is 6. The minimum absolute atomic E-state index is 0.0196. The Kier molecular flexibility index (Phi) is 11.8. The van der Waals surface area contributed by atoms with Crippen LogP contribution in [0, 0.1) is 11.6 Å². The molecule has 258 valence electrons. The number of nitrogens with zero attached hydrogens (tertiary/aromatic N) is 1. The van der Waals surface area contributed by atoms with Gasteiger partial charge < -0.3 is 19.7 Å². The summed E-state index contributed by atoms with van der Waals surface area (Å²) in [6.07, 6.45) is 0.180. The molecule has 50 heavy (non-hydrogen) atoms. The van der Waals surface area contributed by atoms with Crippen LogP contribution in [-0.4, -0.2) is 44.9 Å². The number of halogens is 2. The maximum absolute atomic E-state index is 13.9. The molecule has 0 bridgehead atoms. The Hall–Kier alpha value is -5.75. The second kappa shape index (κ2) is 16.6. The lowest BCUT2D eigenvalue weighted by molar-refractivity contribution is -0.142. The van der Waals surface area contributed by atoms with Crippen molar-refractivity contribution in [3.8, 4) is 11.5 Å². The molecule has 1 atom stereocenters. The number of ether oxygens (including phenoxy) is 2. The molecular formula is C38H35F2N3O6S. The van der Waals surface area contributed by atoms with Crippen molar-refractivity contribution in [3.63, 3.8) is 0 Å². The predicted molar refractivity (Wildman–Crippen MR) is 185 cm³/mol. The van der Waals surface area contributed by atoms with Crippen molar-refractivity contribution in [3.05, 3.63) is 156 Å². The lowest BCUT2D eigenvalue weighted by atomic mass is 10.0. The van der Waals surface area contributed by atoms with Gasteiger partial charge in [0.05, 0.1) is 12.0 Å². The van der Waals surface area contributed by atoms with Gasteiger partial charge in [-0.1, -0.05) is 60.7 Å². The molecule has 0 aliphatic heterocycles. The molecule has 0 saturated carbocycles. The quantitative estimate of drug-likeness (QED) is 0.136. The van der Waals surface area contributed by atoms with E-state index in [9.17, 15) is 26.8 Å². The van der Waals surface area contributed by atoms with Crippen molar-refractivity contribution in [2.75, 3.05) is 18.4 Å². The van der Waals surface area contributed by atoms with E-state index in [1.54, 1.807) is 25.3 Å². The van der Waals surface area contributed by atoms with Crippen LogP contribution in [0.5, 0.6) is 11.5 Å². The molecule has 0 unspecified atom stereocenters. The smallest absolute Gasteiger partial charge is 0.261 e. The van der Waals surface area contributed by atoms with Gasteiger partial charge in [-0.05, 0) is 77.9 Å². The number of rotatable bonds is 15. The van der Waals surface area contributed by atoms with E-state index in [4.69, 9.17) is 9.47 Å². The van der Waals surface area contributed by atoms with Crippen LogP contribution in [0.2, 0.25) is 0 Å². The van der Waals surface area contributed by atoms with Crippen LogP contribution < -0.4 is 19.5 Å². The average molecular weight is 700 g/mol. The van der Waals surface area contributed by atoms with Gasteiger partial charge in [0.25, 0.3) is 15.9 Å². The summed E-state index contributed by atoms with van der Waals surface area (Å²) in [4.78, 5) is 29.2. The molecule has 0 aliphatic rings. The average Bonchev–Trinajstić information content (AvgIpc) is 3.13. The highest BCUT2D eigenvalue weighted by molar-refractivity contribution is 7.92. The van der Waals surface area contributed by atoms with Gasteiger partial charge in [-0.25, -0.2) is 17.2 Å². The third kappa shape index (κ3) is 9.66. The van der Waals surface area contributed by atoms with Gasteiger partial charge in [0.2, 0.25) is 5.91 Å². The third-order valence-electron chi connectivity index (χ3n) is 7.78. The van der Waals surface area contributed by atoms with E-state index in [2.05, 4.69) is 10.0 Å². The molecule has 5 aromatic rings. The second-order valence-electron chi connectivity index (χ2n) is 11.3. The van der Waals surface area contributed by atoms with E-state index in [0.717, 1.165) is 23.3 Å². The summed E-state index contributed by atoms with van der Waals surface area (Å²) < 4.78 is 66.3. The molecule has 0 heterocycles. The minimum atomic E-state index is -3.99. The molecule has 0 spiro atoms. The topological polar surface area (TPSA) is 114 Å². The highest BCUT2D eigenvalue weighted by Crippen LogP contribution is 2.22. The molecular weight excluding hydrogens is 664 g/mol. The van der Waals surface area contributed by atoms with Crippen LogP contribution >= 0.6 is 0 Å². The number of sulfonamides is 1. The first-order chi connectivity index (χ1) is 24.1. The van der Waals surface area contributed by atoms with Gasteiger partial charge in [0, 0.05) is 30.8 Å². The Morgan fingerprint density at radius 3 is 2.04 bits per heavy atom. The maximum Gasteiger partial charge on any atom is 0.261 e. The number of amides is 2. The highest BCUT2D eigenvalue weighted by Gasteiger charge is 2.31. The monoisotopic (exact) mass is 699 g/mol. The largest absolute Gasteiger partial charge is 0.496 e. The maximum atomic E-state index is 13.9. The first kappa shape index (κ1) is 35.6. The molecule has 12 heteroatoms. The fourth-order valence-electron chi connectivity index (χ4n) is 5.16. The lowest BCUT2D eigenvalue weighted by Gasteiger charge is -2.31. The normalized spacial score (nSPS) is 11.7. The molecule has 2 N–H and O–H groups in total. The number of anilines is 1. The SMILES string of the molecule is COc1ccccc1CNC(=O)[C@H](Cc1ccccc1)N(Cc1ccc(F)cc1)C(=O)COc1ccc(S(=O)(=O)Nc2ccc(F)cc2)cc1. The Morgan fingerprint density at radius 2 is 1.38 bits per heavy atom. The molecule has 0 fully saturated rings. The second-order valence-corrected chi connectivity index (χ2v) is 12.9. The zero-order valence-corrected chi connectivity index (χ0v) is 27.9. The Morgan fingerprint density at radius 1 is 0.760 bits per heavy atom. The van der Waals surface area contributed by atoms with Crippen LogP contribution in [0.15, 0.2) is 132 Å². The van der Waals surface area contributed by atoms with Gasteiger partial charge in [0.1, 0.15) is 29.2 Å². The van der Waals surface area contributed by atoms with Crippen molar-refractivity contribution in [2.24, 2.45) is 0 Å². The molecule has 5 rings (SSSR count). The summed E-state index contributed by atoms with van der Waals surface area (Å²) >= 11 is 0. The highest BCUT2D eigenvalue weighted by atomic mass is 32.2. The number of methoxy groups -OCH3 is 1. The first-order valence-corrected chi connectivity index (χ1v) is 17.1. The minimum Gasteiger partial charge on any atom is -0.496 e. The third-order valence-corrected chi connectivity index (χ3v) is 9.17. The number of nitrogens with one attached hydrogen (secondary N) is 2. The summed E-state index contributed by atoms with van der Waals surface area (Å²) in [6, 6.07) is 31.5. The molecule has 5 aromatic carbocycles. The van der Waals surface area contributed by atoms with Gasteiger partial charge in [-0.15, -0.1) is 0 Å². The van der Waals surface area contributed by atoms with Gasteiger partial charge in [-0.2, -0.15) is 0 Å². The van der Waals surface area contributed by atoms with E-state index in [1.807, 2.05) is 48.5 Å². The Bertz CT molecular complexity index is 1990. The van der Waals surface area contributed by atoms with Crippen LogP contribution in [0.4, 0.5) is 14.5 Å². The van der Waals surface area contributed by atoms with E-state index in [0.29, 0.717) is 11.3 Å². The molecule has 0 radical (unpaired) electrons. The molecule has 0 saturated heterocycles. The fourth-order valence-corrected chi connectivity index (χ4v) is 6.22. The Labute approximate surface area is 289 Å². The summed E-state index contributed by atoms with van der Waals surface area (Å²) in [7, 11) is -2.45.